The molecule has 4 nitrogen and oxygen atoms in total. The molecule has 0 aromatic heterocycles. The number of hydrogen-bond acceptors (Lipinski definition) is 3. The van der Waals surface area contributed by atoms with Gasteiger partial charge in [-0.05, 0) is 58.5 Å². The smallest absolute Gasteiger partial charge is 0.339 e. The highest BCUT2D eigenvalue weighted by atomic mass is 127. The zero-order valence-corrected chi connectivity index (χ0v) is 13.0. The van der Waals surface area contributed by atoms with Gasteiger partial charge in [0.05, 0.1) is 7.11 Å². The first-order chi connectivity index (χ1) is 9.60. The molecule has 0 amide bonds. The molecule has 104 valence electrons. The lowest BCUT2D eigenvalue weighted by atomic mass is 10.1. The van der Waals surface area contributed by atoms with Crippen LogP contribution < -0.4 is 9.47 Å². The van der Waals surface area contributed by atoms with Gasteiger partial charge in [0.1, 0.15) is 23.7 Å². The molecule has 0 heterocycles. The minimum absolute atomic E-state index is 0.135. The first kappa shape index (κ1) is 14.6. The standard InChI is InChI=1S/C15H13IO4/c1-19-14-6-5-10(7-13(14)15(17)18)9-20-12-4-2-3-11(16)8-12/h2-8H,9H2,1H3,(H,17,18). The number of hydrogen-bond donors (Lipinski definition) is 1. The average molecular weight is 384 g/mol. The van der Waals surface area contributed by atoms with Gasteiger partial charge in [-0.15, -0.1) is 0 Å². The number of carbonyl (C=O) groups is 1. The van der Waals surface area contributed by atoms with Crippen LogP contribution >= 0.6 is 22.6 Å². The van der Waals surface area contributed by atoms with E-state index in [-0.39, 0.29) is 5.56 Å². The fourth-order valence-electron chi connectivity index (χ4n) is 1.74. The summed E-state index contributed by atoms with van der Waals surface area (Å²) in [5.41, 5.74) is 0.915. The van der Waals surface area contributed by atoms with Gasteiger partial charge in [0.15, 0.2) is 0 Å². The first-order valence-electron chi connectivity index (χ1n) is 5.88. The Bertz CT molecular complexity index is 625. The number of aromatic carboxylic acids is 1. The van der Waals surface area contributed by atoms with Gasteiger partial charge >= 0.3 is 5.97 Å². The number of carboxylic acid groups (broad SMARTS) is 1. The van der Waals surface area contributed by atoms with Crippen molar-refractivity contribution < 1.29 is 19.4 Å². The maximum absolute atomic E-state index is 11.1. The molecule has 0 aliphatic heterocycles. The normalized spacial score (nSPS) is 10.1. The molecule has 0 aliphatic rings. The molecule has 1 N–H and O–H groups in total. The summed E-state index contributed by atoms with van der Waals surface area (Å²) in [7, 11) is 1.45. The van der Waals surface area contributed by atoms with Crippen LogP contribution in [0.15, 0.2) is 42.5 Å². The van der Waals surface area contributed by atoms with Crippen molar-refractivity contribution >= 4 is 28.6 Å². The minimum atomic E-state index is -1.02. The predicted molar refractivity (Wildman–Crippen MR) is 83.4 cm³/mol. The molecule has 2 aromatic carbocycles. The maximum atomic E-state index is 11.1. The summed E-state index contributed by atoms with van der Waals surface area (Å²) in [5, 5.41) is 9.12. The number of benzene rings is 2. The van der Waals surface area contributed by atoms with Crippen molar-refractivity contribution in [2.24, 2.45) is 0 Å². The summed E-state index contributed by atoms with van der Waals surface area (Å²) in [4.78, 5) is 11.1. The largest absolute Gasteiger partial charge is 0.496 e. The third-order valence-electron chi connectivity index (χ3n) is 2.70. The van der Waals surface area contributed by atoms with Gasteiger partial charge in [0.2, 0.25) is 0 Å². The SMILES string of the molecule is COc1ccc(COc2cccc(I)c2)cc1C(=O)O. The highest BCUT2D eigenvalue weighted by Gasteiger charge is 2.11. The molecule has 0 aliphatic carbocycles. The van der Waals surface area contributed by atoms with Gasteiger partial charge in [-0.2, -0.15) is 0 Å². The van der Waals surface area contributed by atoms with Crippen LogP contribution in [0.4, 0.5) is 0 Å². The van der Waals surface area contributed by atoms with E-state index >= 15 is 0 Å². The first-order valence-corrected chi connectivity index (χ1v) is 6.96. The molecule has 20 heavy (non-hydrogen) atoms. The van der Waals surface area contributed by atoms with Crippen molar-refractivity contribution in [3.63, 3.8) is 0 Å². The van der Waals surface area contributed by atoms with Crippen molar-refractivity contribution in [1.29, 1.82) is 0 Å². The fraction of sp³-hybridized carbons (Fsp3) is 0.133. The van der Waals surface area contributed by atoms with Gasteiger partial charge in [-0.25, -0.2) is 4.79 Å². The van der Waals surface area contributed by atoms with Crippen LogP contribution in [0, 0.1) is 3.57 Å². The van der Waals surface area contributed by atoms with Crippen LogP contribution in [0.25, 0.3) is 0 Å². The predicted octanol–water partition coefficient (Wildman–Crippen LogP) is 3.58. The number of ether oxygens (including phenoxy) is 2. The van der Waals surface area contributed by atoms with E-state index in [1.807, 2.05) is 24.3 Å². The second kappa shape index (κ2) is 6.60. The highest BCUT2D eigenvalue weighted by molar-refractivity contribution is 14.1. The quantitative estimate of drug-likeness (QED) is 0.801. The topological polar surface area (TPSA) is 55.8 Å². The second-order valence-corrected chi connectivity index (χ2v) is 5.33. The van der Waals surface area contributed by atoms with E-state index in [0.29, 0.717) is 12.4 Å². The molecule has 2 rings (SSSR count). The van der Waals surface area contributed by atoms with Gasteiger partial charge in [0, 0.05) is 3.57 Å². The molecular formula is C15H13IO4. The van der Waals surface area contributed by atoms with Crippen molar-refractivity contribution in [3.8, 4) is 11.5 Å². The molecule has 0 saturated carbocycles. The Morgan fingerprint density at radius 3 is 2.70 bits per heavy atom. The fourth-order valence-corrected chi connectivity index (χ4v) is 2.25. The molecule has 0 unspecified atom stereocenters. The van der Waals surface area contributed by atoms with Crippen molar-refractivity contribution in [3.05, 3.63) is 57.2 Å². The summed E-state index contributed by atoms with van der Waals surface area (Å²) in [6, 6.07) is 12.7. The van der Waals surface area contributed by atoms with E-state index in [1.165, 1.54) is 7.11 Å². The van der Waals surface area contributed by atoms with E-state index in [2.05, 4.69) is 22.6 Å². The van der Waals surface area contributed by atoms with Crippen molar-refractivity contribution in [1.82, 2.24) is 0 Å². The van der Waals surface area contributed by atoms with Crippen LogP contribution in [-0.4, -0.2) is 18.2 Å². The summed E-state index contributed by atoms with van der Waals surface area (Å²) in [5.74, 6) is 0.0815. The van der Waals surface area contributed by atoms with E-state index in [9.17, 15) is 4.79 Å². The van der Waals surface area contributed by atoms with E-state index in [1.54, 1.807) is 18.2 Å². The molecule has 0 spiro atoms. The molecule has 0 bridgehead atoms. The lowest BCUT2D eigenvalue weighted by Crippen LogP contribution is -2.03. The third-order valence-corrected chi connectivity index (χ3v) is 3.37. The molecule has 5 heteroatoms. The highest BCUT2D eigenvalue weighted by Crippen LogP contribution is 2.21. The van der Waals surface area contributed by atoms with E-state index < -0.39 is 5.97 Å². The second-order valence-electron chi connectivity index (χ2n) is 4.09. The Kier molecular flexibility index (Phi) is 4.84. The lowest BCUT2D eigenvalue weighted by Gasteiger charge is -2.09. The molecule has 2 aromatic rings. The van der Waals surface area contributed by atoms with Crippen LogP contribution in [-0.2, 0) is 6.61 Å². The Hall–Kier alpha value is -1.76. The zero-order valence-electron chi connectivity index (χ0n) is 10.8. The monoisotopic (exact) mass is 384 g/mol. The number of carboxylic acids is 1. The van der Waals surface area contributed by atoms with E-state index in [0.717, 1.165) is 14.9 Å². The zero-order chi connectivity index (χ0) is 14.5. The van der Waals surface area contributed by atoms with E-state index in [4.69, 9.17) is 14.6 Å². The average Bonchev–Trinajstić information content (AvgIpc) is 2.45. The maximum Gasteiger partial charge on any atom is 0.339 e. The van der Waals surface area contributed by atoms with Crippen molar-refractivity contribution in [2.75, 3.05) is 7.11 Å². The van der Waals surface area contributed by atoms with Crippen molar-refractivity contribution in [2.45, 2.75) is 6.61 Å². The lowest BCUT2D eigenvalue weighted by molar-refractivity contribution is 0.0693. The van der Waals surface area contributed by atoms with Gasteiger partial charge < -0.3 is 14.6 Å². The Morgan fingerprint density at radius 2 is 2.05 bits per heavy atom. The summed E-state index contributed by atoms with van der Waals surface area (Å²) in [6.45, 7) is 0.310. The van der Waals surface area contributed by atoms with Crippen LogP contribution in [0.2, 0.25) is 0 Å². The number of halogens is 1. The molecular weight excluding hydrogens is 371 g/mol. The van der Waals surface area contributed by atoms with Crippen LogP contribution in [0.1, 0.15) is 15.9 Å². The number of rotatable bonds is 5. The molecule has 0 fully saturated rings. The van der Waals surface area contributed by atoms with Gasteiger partial charge in [-0.1, -0.05) is 12.1 Å². The Morgan fingerprint density at radius 1 is 1.25 bits per heavy atom. The van der Waals surface area contributed by atoms with Gasteiger partial charge in [-0.3, -0.25) is 0 Å². The molecule has 0 radical (unpaired) electrons. The molecule has 0 saturated heterocycles. The van der Waals surface area contributed by atoms with Crippen LogP contribution in [0.5, 0.6) is 11.5 Å². The van der Waals surface area contributed by atoms with Crippen LogP contribution in [0.3, 0.4) is 0 Å². The Balaban J connectivity index is 2.14. The third kappa shape index (κ3) is 3.63. The van der Waals surface area contributed by atoms with Gasteiger partial charge in [0.25, 0.3) is 0 Å². The molecule has 0 atom stereocenters. The number of methoxy groups -OCH3 is 1. The summed E-state index contributed by atoms with van der Waals surface area (Å²) >= 11 is 2.21. The Labute approximate surface area is 130 Å². The summed E-state index contributed by atoms with van der Waals surface area (Å²) in [6.07, 6.45) is 0. The summed E-state index contributed by atoms with van der Waals surface area (Å²) < 4.78 is 11.7. The minimum Gasteiger partial charge on any atom is -0.496 e.